The Bertz CT molecular complexity index is 362. The van der Waals surface area contributed by atoms with Crippen LogP contribution in [0.3, 0.4) is 0 Å². The molecule has 0 aromatic carbocycles. The smallest absolute Gasteiger partial charge is 0.0704 e. The maximum Gasteiger partial charge on any atom is 0.0704 e. The van der Waals surface area contributed by atoms with Gasteiger partial charge < -0.3 is 5.11 Å². The zero-order chi connectivity index (χ0) is 17.7. The molecule has 0 spiro atoms. The Morgan fingerprint density at radius 2 is 1.19 bits per heavy atom. The molecular formula is C23H44ClNO. The first-order chi connectivity index (χ1) is 12.1. The van der Waals surface area contributed by atoms with E-state index in [4.69, 9.17) is 0 Å². The molecule has 0 bridgehead atoms. The van der Waals surface area contributed by atoms with Crippen LogP contribution in [0.15, 0.2) is 0 Å². The molecule has 2 saturated carbocycles. The fraction of sp³-hybridized carbons (Fsp3) is 1.00. The lowest BCUT2D eigenvalue weighted by molar-refractivity contribution is -0.100. The van der Waals surface area contributed by atoms with E-state index in [0.717, 1.165) is 18.5 Å². The van der Waals surface area contributed by atoms with Crippen LogP contribution >= 0.6 is 12.4 Å². The van der Waals surface area contributed by atoms with Crippen molar-refractivity contribution in [3.63, 3.8) is 0 Å². The standard InChI is InChI=1S/C23H43NO.ClH/c1-19-11-9-12-20(2)24(19)18-10-17-23(25,21-13-5-3-6-14-21)22-15-7-4-8-16-22;/h19-22,25H,3-18H2,1-2H3;1H. The van der Waals surface area contributed by atoms with E-state index in [1.807, 2.05) is 0 Å². The molecule has 2 nitrogen and oxygen atoms in total. The molecule has 2 unspecified atom stereocenters. The number of hydrogen-bond acceptors (Lipinski definition) is 2. The average Bonchev–Trinajstić information content (AvgIpc) is 2.65. The summed E-state index contributed by atoms with van der Waals surface area (Å²) in [5.74, 6) is 1.17. The van der Waals surface area contributed by atoms with E-state index in [-0.39, 0.29) is 18.0 Å². The summed E-state index contributed by atoms with van der Waals surface area (Å²) < 4.78 is 0. The van der Waals surface area contributed by atoms with Gasteiger partial charge >= 0.3 is 0 Å². The minimum Gasteiger partial charge on any atom is -0.389 e. The normalized spacial score (nSPS) is 30.1. The summed E-state index contributed by atoms with van der Waals surface area (Å²) in [4.78, 5) is 2.73. The fourth-order valence-electron chi connectivity index (χ4n) is 6.41. The SMILES string of the molecule is CC1CCCC(C)N1CCCC(O)(C1CCCCC1)C1CCCCC1.Cl. The highest BCUT2D eigenvalue weighted by atomic mass is 35.5. The molecular weight excluding hydrogens is 342 g/mol. The van der Waals surface area contributed by atoms with E-state index >= 15 is 0 Å². The van der Waals surface area contributed by atoms with E-state index < -0.39 is 0 Å². The highest BCUT2D eigenvalue weighted by Gasteiger charge is 2.43. The third-order valence-electron chi connectivity index (χ3n) is 7.99. The van der Waals surface area contributed by atoms with Crippen LogP contribution in [0.1, 0.15) is 110 Å². The quantitative estimate of drug-likeness (QED) is 0.576. The van der Waals surface area contributed by atoms with Crippen molar-refractivity contribution >= 4 is 12.4 Å². The first-order valence-electron chi connectivity index (χ1n) is 11.6. The third-order valence-corrected chi connectivity index (χ3v) is 7.99. The van der Waals surface area contributed by atoms with Gasteiger partial charge in [-0.1, -0.05) is 44.9 Å². The highest BCUT2D eigenvalue weighted by Crippen LogP contribution is 2.45. The van der Waals surface area contributed by atoms with Crippen molar-refractivity contribution in [2.75, 3.05) is 6.54 Å². The Balaban J connectivity index is 0.00000243. The van der Waals surface area contributed by atoms with Crippen LogP contribution in [0.2, 0.25) is 0 Å². The van der Waals surface area contributed by atoms with Gasteiger partial charge in [0.25, 0.3) is 0 Å². The van der Waals surface area contributed by atoms with E-state index in [0.29, 0.717) is 11.8 Å². The van der Waals surface area contributed by atoms with Crippen LogP contribution in [-0.2, 0) is 0 Å². The van der Waals surface area contributed by atoms with Gasteiger partial charge in [0.05, 0.1) is 5.60 Å². The Kier molecular flexibility index (Phi) is 9.23. The molecule has 154 valence electrons. The minimum absolute atomic E-state index is 0. The topological polar surface area (TPSA) is 23.5 Å². The summed E-state index contributed by atoms with van der Waals surface area (Å²) in [6.45, 7) is 6.01. The lowest BCUT2D eigenvalue weighted by Gasteiger charge is -2.46. The molecule has 0 radical (unpaired) electrons. The van der Waals surface area contributed by atoms with Crippen LogP contribution in [-0.4, -0.2) is 34.2 Å². The summed E-state index contributed by atoms with van der Waals surface area (Å²) in [6, 6.07) is 1.47. The lowest BCUT2D eigenvalue weighted by Crippen LogP contribution is -2.48. The summed E-state index contributed by atoms with van der Waals surface area (Å²) >= 11 is 0. The maximum atomic E-state index is 11.9. The molecule has 1 saturated heterocycles. The number of hydrogen-bond donors (Lipinski definition) is 1. The average molecular weight is 386 g/mol. The van der Waals surface area contributed by atoms with Crippen LogP contribution in [0, 0.1) is 11.8 Å². The molecule has 3 aliphatic rings. The Labute approximate surface area is 168 Å². The molecule has 3 fully saturated rings. The van der Waals surface area contributed by atoms with Crippen LogP contribution in [0.4, 0.5) is 0 Å². The Morgan fingerprint density at radius 1 is 0.731 bits per heavy atom. The van der Waals surface area contributed by atoms with Gasteiger partial charge in [0.2, 0.25) is 0 Å². The first kappa shape index (κ1) is 22.5. The van der Waals surface area contributed by atoms with Gasteiger partial charge in [-0.2, -0.15) is 0 Å². The molecule has 1 heterocycles. The largest absolute Gasteiger partial charge is 0.389 e. The van der Waals surface area contributed by atoms with Crippen molar-refractivity contribution in [2.24, 2.45) is 11.8 Å². The second-order valence-electron chi connectivity index (χ2n) is 9.63. The van der Waals surface area contributed by atoms with Gasteiger partial charge in [0.1, 0.15) is 0 Å². The molecule has 3 rings (SSSR count). The maximum absolute atomic E-state index is 11.9. The number of piperidine rings is 1. The van der Waals surface area contributed by atoms with Gasteiger partial charge in [-0.25, -0.2) is 0 Å². The van der Waals surface area contributed by atoms with Gasteiger partial charge in [0, 0.05) is 12.1 Å². The lowest BCUT2D eigenvalue weighted by atomic mass is 9.64. The van der Waals surface area contributed by atoms with E-state index in [9.17, 15) is 5.11 Å². The third kappa shape index (κ3) is 5.39. The van der Waals surface area contributed by atoms with Crippen LogP contribution in [0.25, 0.3) is 0 Å². The number of likely N-dealkylation sites (tertiary alicyclic amines) is 1. The zero-order valence-corrected chi connectivity index (χ0v) is 18.2. The number of aliphatic hydroxyl groups is 1. The van der Waals surface area contributed by atoms with Crippen molar-refractivity contribution in [1.29, 1.82) is 0 Å². The van der Waals surface area contributed by atoms with Crippen molar-refractivity contribution in [2.45, 2.75) is 128 Å². The molecule has 2 aliphatic carbocycles. The van der Waals surface area contributed by atoms with Crippen LogP contribution in [0.5, 0.6) is 0 Å². The number of rotatable bonds is 6. The van der Waals surface area contributed by atoms with E-state index in [1.165, 1.54) is 96.4 Å². The van der Waals surface area contributed by atoms with Gasteiger partial charge in [0.15, 0.2) is 0 Å². The predicted octanol–water partition coefficient (Wildman–Crippen LogP) is 6.34. The van der Waals surface area contributed by atoms with E-state index in [2.05, 4.69) is 18.7 Å². The van der Waals surface area contributed by atoms with Gasteiger partial charge in [-0.15, -0.1) is 12.4 Å². The monoisotopic (exact) mass is 385 g/mol. The molecule has 0 aromatic rings. The second-order valence-corrected chi connectivity index (χ2v) is 9.63. The summed E-state index contributed by atoms with van der Waals surface area (Å²) in [7, 11) is 0. The molecule has 2 atom stereocenters. The minimum atomic E-state index is -0.358. The summed E-state index contributed by atoms with van der Waals surface area (Å²) in [5, 5.41) is 11.9. The van der Waals surface area contributed by atoms with Crippen molar-refractivity contribution in [3.05, 3.63) is 0 Å². The molecule has 0 aromatic heterocycles. The van der Waals surface area contributed by atoms with Crippen molar-refractivity contribution < 1.29 is 5.11 Å². The first-order valence-corrected chi connectivity index (χ1v) is 11.6. The van der Waals surface area contributed by atoms with Crippen molar-refractivity contribution in [3.8, 4) is 0 Å². The predicted molar refractivity (Wildman–Crippen MR) is 114 cm³/mol. The molecule has 26 heavy (non-hydrogen) atoms. The molecule has 1 N–H and O–H groups in total. The Hall–Kier alpha value is 0.210. The molecule has 0 amide bonds. The zero-order valence-electron chi connectivity index (χ0n) is 17.4. The van der Waals surface area contributed by atoms with E-state index in [1.54, 1.807) is 0 Å². The van der Waals surface area contributed by atoms with Gasteiger partial charge in [-0.3, -0.25) is 4.90 Å². The summed E-state index contributed by atoms with van der Waals surface area (Å²) in [5.41, 5.74) is -0.358. The second kappa shape index (κ2) is 10.7. The van der Waals surface area contributed by atoms with Crippen LogP contribution < -0.4 is 0 Å². The fourth-order valence-corrected chi connectivity index (χ4v) is 6.41. The van der Waals surface area contributed by atoms with Crippen molar-refractivity contribution in [1.82, 2.24) is 4.90 Å². The Morgan fingerprint density at radius 3 is 1.65 bits per heavy atom. The summed E-state index contributed by atoms with van der Waals surface area (Å²) in [6.07, 6.45) is 19.7. The molecule has 3 heteroatoms. The molecule has 1 aliphatic heterocycles. The highest BCUT2D eigenvalue weighted by molar-refractivity contribution is 5.85. The number of nitrogens with zero attached hydrogens (tertiary/aromatic N) is 1. The van der Waals surface area contributed by atoms with Gasteiger partial charge in [-0.05, 0) is 83.6 Å². The number of halogens is 1.